The summed E-state index contributed by atoms with van der Waals surface area (Å²) in [5.74, 6) is 0. The first-order valence-corrected chi connectivity index (χ1v) is 4.83. The van der Waals surface area contributed by atoms with Crippen LogP contribution in [0.5, 0.6) is 0 Å². The predicted octanol–water partition coefficient (Wildman–Crippen LogP) is 1.38. The van der Waals surface area contributed by atoms with E-state index in [-0.39, 0.29) is 19.0 Å². The van der Waals surface area contributed by atoms with Crippen LogP contribution in [0.4, 0.5) is 4.79 Å². The van der Waals surface area contributed by atoms with E-state index in [1.54, 1.807) is 27.7 Å². The Hall–Kier alpha value is -0.770. The molecular weight excluding hydrogens is 182 g/mol. The van der Waals surface area contributed by atoms with Crippen molar-refractivity contribution in [1.82, 2.24) is 4.90 Å². The van der Waals surface area contributed by atoms with Crippen molar-refractivity contribution in [2.75, 3.05) is 6.54 Å². The van der Waals surface area contributed by atoms with Crippen molar-refractivity contribution in [3.63, 3.8) is 0 Å². The van der Waals surface area contributed by atoms with Gasteiger partial charge in [-0.15, -0.1) is 0 Å². The van der Waals surface area contributed by atoms with Gasteiger partial charge in [0.25, 0.3) is 0 Å². The molecule has 1 rings (SSSR count). The lowest BCUT2D eigenvalue weighted by molar-refractivity contribution is 0.0220. The maximum absolute atomic E-state index is 11.7. The monoisotopic (exact) mass is 202 g/mol. The summed E-state index contributed by atoms with van der Waals surface area (Å²) in [5, 5.41) is 9.50. The molecule has 0 aliphatic carbocycles. The number of hydrogen-bond acceptors (Lipinski definition) is 3. The zero-order valence-corrected chi connectivity index (χ0v) is 9.20. The summed E-state index contributed by atoms with van der Waals surface area (Å²) >= 11 is 0. The fourth-order valence-electron chi connectivity index (χ4n) is 1.43. The molecule has 0 aromatic carbocycles. The summed E-state index contributed by atoms with van der Waals surface area (Å²) in [4.78, 5) is 13.1. The average Bonchev–Trinajstić information content (AvgIpc) is 2.20. The molecule has 2 atom stereocenters. The Balaban J connectivity index is 2.62. The lowest BCUT2D eigenvalue weighted by atomic mass is 10.2. The van der Waals surface area contributed by atoms with Crippen molar-refractivity contribution >= 4 is 6.09 Å². The molecule has 0 spiro atoms. The highest BCUT2D eigenvalue weighted by molar-refractivity contribution is 5.69. The zero-order valence-electron chi connectivity index (χ0n) is 10.2. The van der Waals surface area contributed by atoms with Crippen LogP contribution >= 0.6 is 0 Å². The van der Waals surface area contributed by atoms with Crippen LogP contribution in [0.15, 0.2) is 0 Å². The first kappa shape index (κ1) is 9.77. The summed E-state index contributed by atoms with van der Waals surface area (Å²) in [6, 6.07) is -0.151. The molecule has 1 N–H and O–H groups in total. The highest BCUT2D eigenvalue weighted by atomic mass is 16.6. The SMILES string of the molecule is [2H]C1(O)C[C@H](C)N(C(=O)OC(C)(C)C)C1. The van der Waals surface area contributed by atoms with E-state index in [1.165, 1.54) is 4.90 Å². The van der Waals surface area contributed by atoms with Gasteiger partial charge in [-0.2, -0.15) is 0 Å². The Bertz CT molecular complexity index is 260. The average molecular weight is 202 g/mol. The van der Waals surface area contributed by atoms with Crippen LogP contribution in [0, 0.1) is 0 Å². The standard InChI is InChI=1S/C10H19NO3/c1-7-5-8(12)6-11(7)9(13)14-10(2,3)4/h7-8,12H,5-6H2,1-4H3/t7-,8?/m0/s1/i8D. The number of nitrogens with zero attached hydrogens (tertiary/aromatic N) is 1. The molecule has 4 heteroatoms. The molecule has 0 radical (unpaired) electrons. The Morgan fingerprint density at radius 1 is 1.64 bits per heavy atom. The molecule has 0 aromatic heterocycles. The molecule has 1 aliphatic heterocycles. The third-order valence-electron chi connectivity index (χ3n) is 2.04. The van der Waals surface area contributed by atoms with E-state index in [2.05, 4.69) is 0 Å². The highest BCUT2D eigenvalue weighted by Gasteiger charge is 2.33. The van der Waals surface area contributed by atoms with Gasteiger partial charge in [0.15, 0.2) is 0 Å². The van der Waals surface area contributed by atoms with Crippen molar-refractivity contribution in [1.29, 1.82) is 0 Å². The molecule has 4 nitrogen and oxygen atoms in total. The summed E-state index contributed by atoms with van der Waals surface area (Å²) in [6.07, 6.45) is -1.72. The van der Waals surface area contributed by atoms with E-state index in [0.29, 0.717) is 0 Å². The predicted molar refractivity (Wildman–Crippen MR) is 53.0 cm³/mol. The van der Waals surface area contributed by atoms with Gasteiger partial charge in [-0.25, -0.2) is 4.79 Å². The Kier molecular flexibility index (Phi) is 2.63. The van der Waals surface area contributed by atoms with Crippen molar-refractivity contribution in [2.45, 2.75) is 51.8 Å². The van der Waals surface area contributed by atoms with Crippen LogP contribution in [0.25, 0.3) is 0 Å². The molecule has 1 saturated heterocycles. The third-order valence-corrected chi connectivity index (χ3v) is 2.04. The molecule has 0 aromatic rings. The summed E-state index contributed by atoms with van der Waals surface area (Å²) in [7, 11) is 0. The second-order valence-corrected chi connectivity index (χ2v) is 4.73. The number of rotatable bonds is 0. The Morgan fingerprint density at radius 3 is 2.57 bits per heavy atom. The quantitative estimate of drug-likeness (QED) is 0.645. The molecule has 1 heterocycles. The van der Waals surface area contributed by atoms with E-state index in [1.807, 2.05) is 0 Å². The minimum absolute atomic E-state index is 0.0169. The molecule has 82 valence electrons. The number of carbonyl (C=O) groups is 1. The van der Waals surface area contributed by atoms with Crippen LogP contribution in [0.2, 0.25) is 0 Å². The van der Waals surface area contributed by atoms with Crippen LogP contribution < -0.4 is 0 Å². The smallest absolute Gasteiger partial charge is 0.410 e. The molecule has 14 heavy (non-hydrogen) atoms. The van der Waals surface area contributed by atoms with Gasteiger partial charge in [-0.3, -0.25) is 0 Å². The first-order chi connectivity index (χ1) is 6.61. The number of aliphatic hydroxyl groups is 1. The number of likely N-dealkylation sites (tertiary alicyclic amines) is 1. The van der Waals surface area contributed by atoms with Gasteiger partial charge in [-0.1, -0.05) is 0 Å². The molecule has 0 saturated carbocycles. The lowest BCUT2D eigenvalue weighted by Gasteiger charge is -2.26. The minimum atomic E-state index is -1.53. The lowest BCUT2D eigenvalue weighted by Crippen LogP contribution is -2.39. The van der Waals surface area contributed by atoms with E-state index in [9.17, 15) is 9.90 Å². The molecule has 1 unspecified atom stereocenters. The van der Waals surface area contributed by atoms with Gasteiger partial charge in [0, 0.05) is 6.04 Å². The Morgan fingerprint density at radius 2 is 2.21 bits per heavy atom. The summed E-state index contributed by atoms with van der Waals surface area (Å²) in [6.45, 7) is 7.19. The van der Waals surface area contributed by atoms with Gasteiger partial charge in [-0.05, 0) is 34.1 Å². The molecule has 1 amide bonds. The number of β-amino-alcohol motifs (C(OH)–C–C–N with tert-alkyl or cyclic N) is 1. The van der Waals surface area contributed by atoms with Crippen LogP contribution in [-0.2, 0) is 4.74 Å². The fraction of sp³-hybridized carbons (Fsp3) is 0.900. The van der Waals surface area contributed by atoms with E-state index < -0.39 is 17.8 Å². The highest BCUT2D eigenvalue weighted by Crippen LogP contribution is 2.20. The second kappa shape index (κ2) is 3.77. The third kappa shape index (κ3) is 2.87. The van der Waals surface area contributed by atoms with Gasteiger partial charge < -0.3 is 14.7 Å². The van der Waals surface area contributed by atoms with Crippen molar-refractivity contribution in [2.24, 2.45) is 0 Å². The van der Waals surface area contributed by atoms with Crippen LogP contribution in [-0.4, -0.2) is 40.4 Å². The Labute approximate surface area is 86.3 Å². The first-order valence-electron chi connectivity index (χ1n) is 5.33. The van der Waals surface area contributed by atoms with E-state index >= 15 is 0 Å². The topological polar surface area (TPSA) is 49.8 Å². The second-order valence-electron chi connectivity index (χ2n) is 4.73. The van der Waals surface area contributed by atoms with Crippen molar-refractivity contribution < 1.29 is 16.0 Å². The fourth-order valence-corrected chi connectivity index (χ4v) is 1.43. The van der Waals surface area contributed by atoms with Gasteiger partial charge >= 0.3 is 6.09 Å². The number of hydrogen-bond donors (Lipinski definition) is 1. The van der Waals surface area contributed by atoms with E-state index in [4.69, 9.17) is 6.11 Å². The minimum Gasteiger partial charge on any atom is -0.444 e. The molecular formula is C10H19NO3. The maximum atomic E-state index is 11.7. The number of ether oxygens (including phenoxy) is 1. The largest absolute Gasteiger partial charge is 0.444 e. The van der Waals surface area contributed by atoms with Crippen LogP contribution in [0.3, 0.4) is 0 Å². The summed E-state index contributed by atoms with van der Waals surface area (Å²) in [5.41, 5.74) is -0.542. The molecule has 1 aliphatic rings. The van der Waals surface area contributed by atoms with Crippen molar-refractivity contribution in [3.05, 3.63) is 0 Å². The van der Waals surface area contributed by atoms with Gasteiger partial charge in [0.05, 0.1) is 14.0 Å². The number of carbonyl (C=O) groups excluding carboxylic acids is 1. The van der Waals surface area contributed by atoms with Gasteiger partial charge in [0.2, 0.25) is 0 Å². The zero-order chi connectivity index (χ0) is 11.9. The molecule has 0 bridgehead atoms. The maximum Gasteiger partial charge on any atom is 0.410 e. The van der Waals surface area contributed by atoms with Gasteiger partial charge in [0.1, 0.15) is 5.60 Å². The number of amides is 1. The normalized spacial score (nSPS) is 34.2. The van der Waals surface area contributed by atoms with E-state index in [0.717, 1.165) is 0 Å². The van der Waals surface area contributed by atoms with Crippen molar-refractivity contribution in [3.8, 4) is 0 Å². The molecule has 1 fully saturated rings. The summed E-state index contributed by atoms with van der Waals surface area (Å²) < 4.78 is 12.7. The van der Waals surface area contributed by atoms with Crippen LogP contribution in [0.1, 0.15) is 35.5 Å².